The minimum absolute atomic E-state index is 0.106. The van der Waals surface area contributed by atoms with Crippen molar-refractivity contribution in [1.29, 1.82) is 0 Å². The highest BCUT2D eigenvalue weighted by molar-refractivity contribution is 7.99. The Balaban J connectivity index is 2.39. The van der Waals surface area contributed by atoms with Gasteiger partial charge in [0.2, 0.25) is 0 Å². The number of hydrogen-bond acceptors (Lipinski definition) is 4. The van der Waals surface area contributed by atoms with Crippen LogP contribution in [0.25, 0.3) is 10.1 Å². The van der Waals surface area contributed by atoms with Crippen molar-refractivity contribution >= 4 is 39.2 Å². The lowest BCUT2D eigenvalue weighted by molar-refractivity contribution is 0.0701. The van der Waals surface area contributed by atoms with Crippen LogP contribution in [0.3, 0.4) is 0 Å². The Morgan fingerprint density at radius 1 is 1.44 bits per heavy atom. The summed E-state index contributed by atoms with van der Waals surface area (Å²) in [7, 11) is 0. The summed E-state index contributed by atoms with van der Waals surface area (Å²) in [6, 6.07) is 7.73. The first-order valence-corrected chi connectivity index (χ1v) is 7.46. The maximum absolute atomic E-state index is 11.3. The zero-order chi connectivity index (χ0) is 13.1. The second-order valence-electron chi connectivity index (χ2n) is 4.02. The molecule has 0 aliphatic carbocycles. The van der Waals surface area contributed by atoms with Gasteiger partial charge in [-0.05, 0) is 17.0 Å². The van der Waals surface area contributed by atoms with Crippen molar-refractivity contribution in [2.24, 2.45) is 0 Å². The Morgan fingerprint density at radius 3 is 2.83 bits per heavy atom. The Morgan fingerprint density at radius 2 is 2.17 bits per heavy atom. The van der Waals surface area contributed by atoms with E-state index in [-0.39, 0.29) is 11.9 Å². The largest absolute Gasteiger partial charge is 0.477 e. The van der Waals surface area contributed by atoms with Crippen LogP contribution < -0.4 is 0 Å². The molecule has 0 saturated heterocycles. The highest BCUT2D eigenvalue weighted by Gasteiger charge is 2.17. The number of rotatable bonds is 5. The van der Waals surface area contributed by atoms with Crippen molar-refractivity contribution in [3.8, 4) is 0 Å². The van der Waals surface area contributed by atoms with E-state index in [0.29, 0.717) is 10.6 Å². The zero-order valence-electron chi connectivity index (χ0n) is 9.92. The monoisotopic (exact) mass is 282 g/mol. The average Bonchev–Trinajstić information content (AvgIpc) is 2.75. The van der Waals surface area contributed by atoms with E-state index in [0.717, 1.165) is 15.6 Å². The highest BCUT2D eigenvalue weighted by Crippen LogP contribution is 2.34. The van der Waals surface area contributed by atoms with Crippen LogP contribution in [0.5, 0.6) is 0 Å². The molecular weight excluding hydrogens is 268 g/mol. The molecule has 0 spiro atoms. The van der Waals surface area contributed by atoms with Crippen molar-refractivity contribution in [2.45, 2.75) is 17.9 Å². The fraction of sp³-hybridized carbons (Fsp3) is 0.308. The van der Waals surface area contributed by atoms with Crippen LogP contribution in [0.15, 0.2) is 24.3 Å². The van der Waals surface area contributed by atoms with Crippen LogP contribution >= 0.6 is 23.1 Å². The fourth-order valence-electron chi connectivity index (χ4n) is 1.69. The maximum atomic E-state index is 11.3. The molecule has 1 unspecified atom stereocenters. The van der Waals surface area contributed by atoms with Crippen molar-refractivity contribution in [1.82, 2.24) is 0 Å². The molecule has 0 aliphatic rings. The summed E-state index contributed by atoms with van der Waals surface area (Å²) in [4.78, 5) is 11.7. The molecule has 0 fully saturated rings. The molecule has 0 aliphatic heterocycles. The van der Waals surface area contributed by atoms with Gasteiger partial charge in [0.05, 0.1) is 6.61 Å². The van der Waals surface area contributed by atoms with E-state index >= 15 is 0 Å². The predicted molar refractivity (Wildman–Crippen MR) is 76.6 cm³/mol. The summed E-state index contributed by atoms with van der Waals surface area (Å²) in [6.07, 6.45) is 0. The summed E-state index contributed by atoms with van der Waals surface area (Å²) < 4.78 is 1.00. The first-order chi connectivity index (χ1) is 8.63. The van der Waals surface area contributed by atoms with Gasteiger partial charge in [-0.15, -0.1) is 11.3 Å². The smallest absolute Gasteiger partial charge is 0.346 e. The average molecular weight is 282 g/mol. The van der Waals surface area contributed by atoms with Crippen molar-refractivity contribution in [3.05, 3.63) is 34.7 Å². The van der Waals surface area contributed by atoms with Crippen LogP contribution in [0.4, 0.5) is 0 Å². The molecule has 1 heterocycles. The summed E-state index contributed by atoms with van der Waals surface area (Å²) in [5, 5.41) is 19.4. The van der Waals surface area contributed by atoms with E-state index in [4.69, 9.17) is 5.11 Å². The van der Waals surface area contributed by atoms with E-state index < -0.39 is 5.97 Å². The van der Waals surface area contributed by atoms with Crippen molar-refractivity contribution < 1.29 is 15.0 Å². The molecule has 0 radical (unpaired) electrons. The van der Waals surface area contributed by atoms with Crippen molar-refractivity contribution in [3.63, 3.8) is 0 Å². The number of aliphatic hydroxyl groups excluding tert-OH is 1. The van der Waals surface area contributed by atoms with Crippen LogP contribution in [-0.4, -0.2) is 28.0 Å². The molecule has 0 bridgehead atoms. The number of hydrogen-bond donors (Lipinski definition) is 2. The van der Waals surface area contributed by atoms with E-state index in [1.165, 1.54) is 11.3 Å². The second kappa shape index (κ2) is 5.73. The molecule has 1 aromatic carbocycles. The van der Waals surface area contributed by atoms with E-state index in [9.17, 15) is 9.90 Å². The van der Waals surface area contributed by atoms with E-state index in [1.54, 1.807) is 11.8 Å². The Bertz CT molecular complexity index is 562. The molecule has 96 valence electrons. The molecule has 0 amide bonds. The highest BCUT2D eigenvalue weighted by atomic mass is 32.2. The number of carboxylic acids is 1. The van der Waals surface area contributed by atoms with Gasteiger partial charge in [-0.25, -0.2) is 4.79 Å². The number of thioether (sulfide) groups is 1. The molecule has 3 nitrogen and oxygen atoms in total. The third-order valence-corrected chi connectivity index (χ3v) is 5.04. The minimum Gasteiger partial charge on any atom is -0.477 e. The summed E-state index contributed by atoms with van der Waals surface area (Å²) in [6.45, 7) is 2.04. The van der Waals surface area contributed by atoms with Gasteiger partial charge in [-0.3, -0.25) is 0 Å². The van der Waals surface area contributed by atoms with Crippen LogP contribution in [-0.2, 0) is 5.75 Å². The SMILES string of the molecule is CC(CO)SCc1c(C(=O)O)sc2ccccc12. The van der Waals surface area contributed by atoms with Gasteiger partial charge in [0, 0.05) is 15.7 Å². The van der Waals surface area contributed by atoms with Gasteiger partial charge in [-0.1, -0.05) is 25.1 Å². The fourth-order valence-corrected chi connectivity index (χ4v) is 3.70. The molecule has 18 heavy (non-hydrogen) atoms. The standard InChI is InChI=1S/C13H14O3S2/c1-8(6-14)17-7-10-9-4-2-3-5-11(9)18-12(10)13(15)16/h2-5,8,14H,6-7H2,1H3,(H,15,16). The minimum atomic E-state index is -0.872. The van der Waals surface area contributed by atoms with Crippen LogP contribution in [0.2, 0.25) is 0 Å². The molecule has 2 N–H and O–H groups in total. The van der Waals surface area contributed by atoms with E-state index in [2.05, 4.69) is 0 Å². The van der Waals surface area contributed by atoms with E-state index in [1.807, 2.05) is 31.2 Å². The lowest BCUT2D eigenvalue weighted by atomic mass is 10.1. The summed E-state index contributed by atoms with van der Waals surface area (Å²) in [5.41, 5.74) is 0.869. The van der Waals surface area contributed by atoms with Crippen LogP contribution in [0, 0.1) is 0 Å². The number of thiophene rings is 1. The molecule has 1 aromatic heterocycles. The molecule has 0 saturated carbocycles. The summed E-state index contributed by atoms with van der Waals surface area (Å²) in [5.74, 6) is -0.253. The molecule has 2 aromatic rings. The predicted octanol–water partition coefficient (Wildman–Crippen LogP) is 3.21. The first-order valence-electron chi connectivity index (χ1n) is 5.59. The van der Waals surface area contributed by atoms with Gasteiger partial charge >= 0.3 is 5.97 Å². The third-order valence-electron chi connectivity index (χ3n) is 2.66. The zero-order valence-corrected chi connectivity index (χ0v) is 11.6. The number of fused-ring (bicyclic) bond motifs is 1. The third kappa shape index (κ3) is 2.68. The van der Waals surface area contributed by atoms with Crippen molar-refractivity contribution in [2.75, 3.05) is 6.61 Å². The Labute approximate surface area is 113 Å². The lowest BCUT2D eigenvalue weighted by Crippen LogP contribution is -2.04. The van der Waals surface area contributed by atoms with Gasteiger partial charge < -0.3 is 10.2 Å². The first kappa shape index (κ1) is 13.4. The second-order valence-corrected chi connectivity index (χ2v) is 6.49. The maximum Gasteiger partial charge on any atom is 0.346 e. The number of carbonyl (C=O) groups is 1. The topological polar surface area (TPSA) is 57.5 Å². The van der Waals surface area contributed by atoms with Gasteiger partial charge in [0.1, 0.15) is 4.88 Å². The molecular formula is C13H14O3S2. The lowest BCUT2D eigenvalue weighted by Gasteiger charge is -2.07. The number of aliphatic hydroxyl groups is 1. The summed E-state index contributed by atoms with van der Waals surface area (Å²) >= 11 is 2.89. The molecule has 5 heteroatoms. The molecule has 2 rings (SSSR count). The Kier molecular flexibility index (Phi) is 4.27. The van der Waals surface area contributed by atoms with Gasteiger partial charge in [-0.2, -0.15) is 11.8 Å². The quantitative estimate of drug-likeness (QED) is 0.884. The number of carboxylic acid groups (broad SMARTS) is 1. The Hall–Kier alpha value is -1.04. The number of benzene rings is 1. The molecule has 1 atom stereocenters. The number of aromatic carboxylic acids is 1. The van der Waals surface area contributed by atoms with Gasteiger partial charge in [0.15, 0.2) is 0 Å². The van der Waals surface area contributed by atoms with Gasteiger partial charge in [0.25, 0.3) is 0 Å². The normalized spacial score (nSPS) is 12.8. The van der Waals surface area contributed by atoms with Crippen LogP contribution in [0.1, 0.15) is 22.2 Å².